The highest BCUT2D eigenvalue weighted by Gasteiger charge is 2.12. The number of hydrogen-bond donors (Lipinski definition) is 2. The van der Waals surface area contributed by atoms with Crippen molar-refractivity contribution in [3.63, 3.8) is 0 Å². The summed E-state index contributed by atoms with van der Waals surface area (Å²) < 4.78 is 6.51. The molecule has 0 unspecified atom stereocenters. The lowest BCUT2D eigenvalue weighted by atomic mass is 10.1. The van der Waals surface area contributed by atoms with Crippen LogP contribution < -0.4 is 10.5 Å². The monoisotopic (exact) mass is 349 g/mol. The number of non-ortho nitro benzene ring substituents is 1. The second-order valence-electron chi connectivity index (χ2n) is 4.36. The van der Waals surface area contributed by atoms with Crippen molar-refractivity contribution in [1.29, 1.82) is 5.41 Å². The highest BCUT2D eigenvalue weighted by Crippen LogP contribution is 2.31. The Kier molecular flexibility index (Phi) is 4.23. The first-order chi connectivity index (χ1) is 9.88. The average Bonchev–Trinajstić information content (AvgIpc) is 2.42. The van der Waals surface area contributed by atoms with Crippen LogP contribution in [0.15, 0.2) is 40.9 Å². The molecule has 0 amide bonds. The van der Waals surface area contributed by atoms with Crippen molar-refractivity contribution < 1.29 is 9.66 Å². The van der Waals surface area contributed by atoms with E-state index in [1.165, 1.54) is 18.2 Å². The maximum Gasteiger partial charge on any atom is 0.269 e. The second kappa shape index (κ2) is 5.92. The molecular weight excluding hydrogens is 338 g/mol. The number of hydrogen-bond acceptors (Lipinski definition) is 4. The van der Waals surface area contributed by atoms with E-state index in [1.807, 2.05) is 0 Å². The fourth-order valence-corrected chi connectivity index (χ4v) is 2.14. The average molecular weight is 350 g/mol. The number of nitro groups is 1. The minimum absolute atomic E-state index is 0.00227. The Morgan fingerprint density at radius 3 is 2.52 bits per heavy atom. The summed E-state index contributed by atoms with van der Waals surface area (Å²) in [6, 6.07) is 9.46. The highest BCUT2D eigenvalue weighted by atomic mass is 79.9. The van der Waals surface area contributed by atoms with Crippen LogP contribution in [0.5, 0.6) is 11.5 Å². The Bertz CT molecular complexity index is 731. The normalized spacial score (nSPS) is 10.2. The zero-order valence-corrected chi connectivity index (χ0v) is 12.7. The lowest BCUT2D eigenvalue weighted by Crippen LogP contribution is -2.12. The predicted molar refractivity (Wildman–Crippen MR) is 83.1 cm³/mol. The van der Waals surface area contributed by atoms with Gasteiger partial charge in [0, 0.05) is 16.6 Å². The van der Waals surface area contributed by atoms with Gasteiger partial charge in [0.15, 0.2) is 0 Å². The zero-order valence-electron chi connectivity index (χ0n) is 11.1. The molecule has 0 aliphatic rings. The van der Waals surface area contributed by atoms with Crippen molar-refractivity contribution in [2.45, 2.75) is 6.92 Å². The van der Waals surface area contributed by atoms with Gasteiger partial charge < -0.3 is 10.5 Å². The van der Waals surface area contributed by atoms with Gasteiger partial charge in [-0.1, -0.05) is 15.9 Å². The van der Waals surface area contributed by atoms with Gasteiger partial charge in [-0.15, -0.1) is 0 Å². The lowest BCUT2D eigenvalue weighted by molar-refractivity contribution is -0.384. The fraction of sp³-hybridized carbons (Fsp3) is 0.0714. The van der Waals surface area contributed by atoms with Gasteiger partial charge >= 0.3 is 0 Å². The number of ether oxygens (including phenoxy) is 1. The SMILES string of the molecule is Cc1cc([N+](=O)[O-])ccc1Oc1ccc(Br)cc1C(=N)N. The topological polar surface area (TPSA) is 102 Å². The van der Waals surface area contributed by atoms with Crippen LogP contribution in [0.4, 0.5) is 5.69 Å². The van der Waals surface area contributed by atoms with Crippen molar-refractivity contribution in [2.75, 3.05) is 0 Å². The van der Waals surface area contributed by atoms with Gasteiger partial charge in [0.2, 0.25) is 0 Å². The molecule has 7 heteroatoms. The Hall–Kier alpha value is -2.41. The molecule has 21 heavy (non-hydrogen) atoms. The maximum atomic E-state index is 10.7. The molecule has 0 aliphatic heterocycles. The van der Waals surface area contributed by atoms with Crippen molar-refractivity contribution in [3.05, 3.63) is 62.1 Å². The van der Waals surface area contributed by atoms with E-state index in [0.717, 1.165) is 4.47 Å². The van der Waals surface area contributed by atoms with Crippen molar-refractivity contribution in [3.8, 4) is 11.5 Å². The van der Waals surface area contributed by atoms with E-state index < -0.39 is 4.92 Å². The van der Waals surface area contributed by atoms with Gasteiger partial charge in [0.1, 0.15) is 17.3 Å². The van der Waals surface area contributed by atoms with Crippen LogP contribution >= 0.6 is 15.9 Å². The van der Waals surface area contributed by atoms with Crippen LogP contribution in [0, 0.1) is 22.4 Å². The lowest BCUT2D eigenvalue weighted by Gasteiger charge is -2.12. The minimum atomic E-state index is -0.461. The van der Waals surface area contributed by atoms with E-state index >= 15 is 0 Å². The van der Waals surface area contributed by atoms with E-state index in [0.29, 0.717) is 22.6 Å². The molecule has 2 aromatic rings. The Morgan fingerprint density at radius 1 is 1.29 bits per heavy atom. The van der Waals surface area contributed by atoms with Crippen molar-refractivity contribution >= 4 is 27.5 Å². The molecule has 2 aromatic carbocycles. The number of nitrogen functional groups attached to an aromatic ring is 1. The molecule has 0 saturated heterocycles. The molecule has 0 aromatic heterocycles. The van der Waals surface area contributed by atoms with E-state index in [1.54, 1.807) is 25.1 Å². The molecule has 0 heterocycles. The van der Waals surface area contributed by atoms with Crippen LogP contribution in [0.25, 0.3) is 0 Å². The molecule has 0 bridgehead atoms. The third-order valence-corrected chi connectivity index (χ3v) is 3.31. The van der Waals surface area contributed by atoms with Crippen LogP contribution in [0.2, 0.25) is 0 Å². The standard InChI is InChI=1S/C14H12BrN3O3/c1-8-6-10(18(19)20)3-5-12(8)21-13-4-2-9(15)7-11(13)14(16)17/h2-7H,1H3,(H3,16,17). The minimum Gasteiger partial charge on any atom is -0.456 e. The Labute approximate surface area is 129 Å². The molecule has 108 valence electrons. The highest BCUT2D eigenvalue weighted by molar-refractivity contribution is 9.10. The van der Waals surface area contributed by atoms with Crippen LogP contribution in [0.1, 0.15) is 11.1 Å². The van der Waals surface area contributed by atoms with Gasteiger partial charge in [-0.05, 0) is 36.8 Å². The predicted octanol–water partition coefficient (Wildman–Crippen LogP) is 3.74. The van der Waals surface area contributed by atoms with Crippen molar-refractivity contribution in [2.24, 2.45) is 5.73 Å². The van der Waals surface area contributed by atoms with Gasteiger partial charge in [-0.2, -0.15) is 0 Å². The third-order valence-electron chi connectivity index (χ3n) is 2.82. The van der Waals surface area contributed by atoms with Gasteiger partial charge in [-0.25, -0.2) is 0 Å². The first-order valence-corrected chi connectivity index (χ1v) is 6.74. The summed E-state index contributed by atoms with van der Waals surface area (Å²) in [5.74, 6) is 0.777. The quantitative estimate of drug-likeness (QED) is 0.379. The molecule has 0 atom stereocenters. The van der Waals surface area contributed by atoms with E-state index in [-0.39, 0.29) is 11.5 Å². The summed E-state index contributed by atoms with van der Waals surface area (Å²) in [6.07, 6.45) is 0. The van der Waals surface area contributed by atoms with Crippen molar-refractivity contribution in [1.82, 2.24) is 0 Å². The van der Waals surface area contributed by atoms with Gasteiger partial charge in [0.05, 0.1) is 10.5 Å². The summed E-state index contributed by atoms with van der Waals surface area (Å²) in [7, 11) is 0. The molecule has 0 aliphatic carbocycles. The summed E-state index contributed by atoms with van der Waals surface area (Å²) >= 11 is 3.31. The molecule has 0 radical (unpaired) electrons. The number of nitro benzene ring substituents is 1. The molecule has 3 N–H and O–H groups in total. The zero-order chi connectivity index (χ0) is 15.6. The number of rotatable bonds is 4. The number of benzene rings is 2. The molecule has 0 saturated carbocycles. The fourth-order valence-electron chi connectivity index (χ4n) is 1.78. The second-order valence-corrected chi connectivity index (χ2v) is 5.28. The number of amidine groups is 1. The number of nitrogens with zero attached hydrogens (tertiary/aromatic N) is 1. The Balaban J connectivity index is 2.39. The Morgan fingerprint density at radius 2 is 1.95 bits per heavy atom. The largest absolute Gasteiger partial charge is 0.456 e. The van der Waals surface area contributed by atoms with E-state index in [2.05, 4.69) is 15.9 Å². The van der Waals surface area contributed by atoms with Crippen LogP contribution in [0.3, 0.4) is 0 Å². The first kappa shape index (κ1) is 15.0. The molecule has 0 fully saturated rings. The number of aryl methyl sites for hydroxylation is 1. The van der Waals surface area contributed by atoms with Crippen LogP contribution in [-0.2, 0) is 0 Å². The third kappa shape index (κ3) is 3.38. The smallest absolute Gasteiger partial charge is 0.269 e. The van der Waals surface area contributed by atoms with E-state index in [4.69, 9.17) is 15.9 Å². The molecular formula is C14H12BrN3O3. The summed E-state index contributed by atoms with van der Waals surface area (Å²) in [6.45, 7) is 1.72. The molecule has 6 nitrogen and oxygen atoms in total. The summed E-state index contributed by atoms with van der Waals surface area (Å²) in [4.78, 5) is 10.3. The first-order valence-electron chi connectivity index (χ1n) is 5.95. The maximum absolute atomic E-state index is 10.7. The van der Waals surface area contributed by atoms with Gasteiger partial charge in [-0.3, -0.25) is 15.5 Å². The summed E-state index contributed by atoms with van der Waals surface area (Å²) in [5, 5.41) is 18.3. The summed E-state index contributed by atoms with van der Waals surface area (Å²) in [5.41, 5.74) is 6.61. The molecule has 2 rings (SSSR count). The number of nitrogens with two attached hydrogens (primary N) is 1. The number of halogens is 1. The number of nitrogens with one attached hydrogen (secondary N) is 1. The van der Waals surface area contributed by atoms with Crippen LogP contribution in [-0.4, -0.2) is 10.8 Å². The molecule has 0 spiro atoms. The van der Waals surface area contributed by atoms with E-state index in [9.17, 15) is 10.1 Å². The van der Waals surface area contributed by atoms with Gasteiger partial charge in [0.25, 0.3) is 5.69 Å².